The van der Waals surface area contributed by atoms with Gasteiger partial charge in [-0.1, -0.05) is 22.6 Å². The van der Waals surface area contributed by atoms with Crippen LogP contribution in [-0.2, 0) is 35.4 Å². The number of aromatic hydroxyl groups is 1. The van der Waals surface area contributed by atoms with Crippen LogP contribution < -0.4 is 123 Å². The van der Waals surface area contributed by atoms with E-state index in [2.05, 4.69) is 37.3 Å². The minimum Gasteiger partial charge on any atom is -1.00 e. The number of aryl methyl sites for hydroxylation is 2. The van der Waals surface area contributed by atoms with E-state index in [1.165, 1.54) is 34.5 Å². The molecule has 0 radical (unpaired) electrons. The Labute approximate surface area is 342 Å². The van der Waals surface area contributed by atoms with Crippen molar-refractivity contribution in [2.24, 2.45) is 0 Å². The van der Waals surface area contributed by atoms with Crippen molar-refractivity contribution in [1.82, 2.24) is 0 Å². The molecule has 2 aromatic rings. The van der Waals surface area contributed by atoms with Gasteiger partial charge in [0.05, 0.1) is 18.2 Å². The number of rotatable bonds is 4. The molecule has 6 rings (SSSR count). The van der Waals surface area contributed by atoms with Crippen LogP contribution in [0.4, 0.5) is 11.4 Å². The number of aldehydes is 2. The smallest absolute Gasteiger partial charge is 1.00 e. The fourth-order valence-corrected chi connectivity index (χ4v) is 6.14. The van der Waals surface area contributed by atoms with Gasteiger partial charge >= 0.3 is 103 Å². The van der Waals surface area contributed by atoms with E-state index in [4.69, 9.17) is 14.8 Å². The van der Waals surface area contributed by atoms with Crippen LogP contribution in [0.5, 0.6) is 11.5 Å². The standard InChI is InChI=1S/C14H17NO2.C13H15NO2.CH3I.CH2O3.2K.H/c1-17-14-11(9-16)8-10-4-2-6-15-7-3-5-12(14)13(10)15;15-8-10-7-9-3-1-5-14-6-2-4-11(12(9)14)13(10)16;1-2;2-1-4-3;;;/h8-9H,2-7H2,1H3;7-8,16H,1-6H2;1H3;1,3H;;;/q;;;;2*+1;-1/p-1. The molecule has 9 nitrogen and oxygen atoms in total. The van der Waals surface area contributed by atoms with E-state index in [1.54, 1.807) is 7.11 Å². The molecule has 0 amide bonds. The van der Waals surface area contributed by atoms with Crippen LogP contribution in [-0.4, -0.2) is 62.4 Å². The number of hydrogen-bond acceptors (Lipinski definition) is 9. The number of phenols is 1. The van der Waals surface area contributed by atoms with Gasteiger partial charge in [0.2, 0.25) is 0 Å². The van der Waals surface area contributed by atoms with Gasteiger partial charge in [-0.2, -0.15) is 0 Å². The molecular formula is C29H37IK2N2O7. The molecule has 4 aliphatic heterocycles. The predicted octanol–water partition coefficient (Wildman–Crippen LogP) is -2.28. The van der Waals surface area contributed by atoms with Crippen molar-refractivity contribution in [3.8, 4) is 11.5 Å². The Morgan fingerprint density at radius 3 is 1.66 bits per heavy atom. The molecule has 0 aromatic heterocycles. The monoisotopic (exact) mass is 730 g/mol. The maximum Gasteiger partial charge on any atom is 1.00 e. The van der Waals surface area contributed by atoms with E-state index in [-0.39, 0.29) is 116 Å². The Morgan fingerprint density at radius 2 is 1.22 bits per heavy atom. The van der Waals surface area contributed by atoms with E-state index >= 15 is 0 Å². The Kier molecular flexibility index (Phi) is 19.7. The number of carbonyl (C=O) groups is 3. The van der Waals surface area contributed by atoms with Crippen molar-refractivity contribution in [1.29, 1.82) is 0 Å². The molecule has 1 N–H and O–H groups in total. The van der Waals surface area contributed by atoms with E-state index in [1.807, 2.05) is 17.1 Å². The average molecular weight is 731 g/mol. The van der Waals surface area contributed by atoms with Crippen molar-refractivity contribution >= 4 is 53.0 Å². The van der Waals surface area contributed by atoms with Crippen LogP contribution in [0.1, 0.15) is 70.1 Å². The molecule has 0 atom stereocenters. The van der Waals surface area contributed by atoms with Crippen LogP contribution in [0.3, 0.4) is 0 Å². The molecule has 0 saturated carbocycles. The number of halogens is 1. The number of ether oxygens (including phenoxy) is 1. The summed E-state index contributed by atoms with van der Waals surface area (Å²) in [5.41, 5.74) is 8.53. The third-order valence-corrected chi connectivity index (χ3v) is 7.52. The summed E-state index contributed by atoms with van der Waals surface area (Å²) in [4.78, 5) is 40.1. The third-order valence-electron chi connectivity index (χ3n) is 7.52. The summed E-state index contributed by atoms with van der Waals surface area (Å²) in [6.45, 7) is 4.27. The van der Waals surface area contributed by atoms with Gasteiger partial charge in [0, 0.05) is 48.7 Å². The fraction of sp³-hybridized carbons (Fsp3) is 0.483. The molecule has 0 aliphatic carbocycles. The molecule has 0 unspecified atom stereocenters. The second-order valence-electron chi connectivity index (χ2n) is 9.60. The van der Waals surface area contributed by atoms with E-state index in [0.29, 0.717) is 11.1 Å². The summed E-state index contributed by atoms with van der Waals surface area (Å²) in [5.74, 6) is 1.01. The van der Waals surface area contributed by atoms with Crippen LogP contribution in [0.25, 0.3) is 0 Å². The van der Waals surface area contributed by atoms with Gasteiger partial charge in [0.15, 0.2) is 12.6 Å². The Morgan fingerprint density at radius 1 is 0.805 bits per heavy atom. The van der Waals surface area contributed by atoms with Crippen molar-refractivity contribution in [3.05, 3.63) is 45.5 Å². The summed E-state index contributed by atoms with van der Waals surface area (Å²) in [5, 5.41) is 18.5. The van der Waals surface area contributed by atoms with Gasteiger partial charge in [-0.25, -0.2) is 0 Å². The zero-order valence-electron chi connectivity index (χ0n) is 25.5. The maximum atomic E-state index is 11.1. The van der Waals surface area contributed by atoms with E-state index < -0.39 is 0 Å². The second-order valence-corrected chi connectivity index (χ2v) is 9.60. The average Bonchev–Trinajstić information content (AvgIpc) is 3.00. The molecule has 12 heteroatoms. The van der Waals surface area contributed by atoms with E-state index in [9.17, 15) is 14.7 Å². The number of phenolic OH excluding ortho intramolecular Hbond substituents is 1. The fourth-order valence-electron chi connectivity index (χ4n) is 6.14. The molecule has 0 saturated heterocycles. The normalized spacial score (nSPS) is 15.0. The summed E-state index contributed by atoms with van der Waals surface area (Å²) < 4.78 is 5.45. The first-order chi connectivity index (χ1) is 19.1. The largest absolute Gasteiger partial charge is 1.00 e. The maximum absolute atomic E-state index is 11.1. The molecule has 214 valence electrons. The summed E-state index contributed by atoms with van der Waals surface area (Å²) >= 11 is 2.15. The molecule has 0 fully saturated rings. The number of nitrogens with zero attached hydrogens (tertiary/aromatic N) is 2. The topological polar surface area (TPSA) is 119 Å². The van der Waals surface area contributed by atoms with Crippen LogP contribution >= 0.6 is 22.6 Å². The summed E-state index contributed by atoms with van der Waals surface area (Å²) in [6.07, 6.45) is 10.3. The molecule has 0 bridgehead atoms. The van der Waals surface area contributed by atoms with Gasteiger partial charge in [-0.15, -0.1) is 0 Å². The van der Waals surface area contributed by atoms with Crippen molar-refractivity contribution in [3.63, 3.8) is 0 Å². The Hall–Kier alpha value is 0.413. The zero-order valence-corrected chi connectivity index (χ0v) is 32.9. The molecule has 0 spiro atoms. The van der Waals surface area contributed by atoms with Crippen LogP contribution in [0.2, 0.25) is 0 Å². The minimum atomic E-state index is -0.181. The van der Waals surface area contributed by atoms with Crippen molar-refractivity contribution in [2.75, 3.05) is 48.0 Å². The minimum absolute atomic E-state index is 0. The summed E-state index contributed by atoms with van der Waals surface area (Å²) in [6, 6.07) is 3.88. The SMILES string of the molecule is CI.COc1c(C=O)cc2c3c1CCCN3CCC2.O=CO[O-].O=Cc1cc2c3c(c1O)CCCN3CCC2.[H-].[K+].[K+]. The molecule has 4 aliphatic rings. The summed E-state index contributed by atoms with van der Waals surface area (Å²) in [7, 11) is 1.66. The van der Waals surface area contributed by atoms with Gasteiger partial charge < -0.3 is 31.2 Å². The van der Waals surface area contributed by atoms with Crippen LogP contribution in [0.15, 0.2) is 12.1 Å². The first-order valence-electron chi connectivity index (χ1n) is 13.2. The molecular weight excluding hydrogens is 693 g/mol. The zero-order chi connectivity index (χ0) is 28.4. The second kappa shape index (κ2) is 20.4. The van der Waals surface area contributed by atoms with Gasteiger partial charge in [0.1, 0.15) is 11.5 Å². The van der Waals surface area contributed by atoms with Gasteiger partial charge in [0.25, 0.3) is 6.47 Å². The quantitative estimate of drug-likeness (QED) is 0.0928. The van der Waals surface area contributed by atoms with Gasteiger partial charge in [-0.05, 0) is 79.6 Å². The van der Waals surface area contributed by atoms with Crippen molar-refractivity contribution in [2.45, 2.75) is 51.4 Å². The van der Waals surface area contributed by atoms with Gasteiger partial charge in [-0.3, -0.25) is 14.4 Å². The van der Waals surface area contributed by atoms with Crippen LogP contribution in [0, 0.1) is 0 Å². The number of hydrogen-bond donors (Lipinski definition) is 1. The Balaban J connectivity index is 0.000000638. The molecule has 2 aromatic carbocycles. The third kappa shape index (κ3) is 9.46. The molecule has 41 heavy (non-hydrogen) atoms. The van der Waals surface area contributed by atoms with E-state index in [0.717, 1.165) is 95.0 Å². The number of benzene rings is 2. The number of anilines is 2. The number of alkyl halides is 1. The molecule has 4 heterocycles. The first-order valence-corrected chi connectivity index (χ1v) is 15.3. The number of carbonyl (C=O) groups excluding carboxylic acids is 3. The number of methoxy groups -OCH3 is 1. The Bertz CT molecular complexity index is 1190. The van der Waals surface area contributed by atoms with Crippen molar-refractivity contribution < 1.29 is 139 Å². The predicted molar refractivity (Wildman–Crippen MR) is 158 cm³/mol. The first kappa shape index (κ1) is 39.4.